The van der Waals surface area contributed by atoms with Crippen LogP contribution in [0.3, 0.4) is 0 Å². The molecule has 0 N–H and O–H groups in total. The van der Waals surface area contributed by atoms with E-state index in [0.29, 0.717) is 31.9 Å². The number of likely N-dealkylation sites (tertiary alicyclic amines) is 1. The van der Waals surface area contributed by atoms with Gasteiger partial charge in [0.2, 0.25) is 5.82 Å². The third-order valence-electron chi connectivity index (χ3n) is 6.51. The summed E-state index contributed by atoms with van der Waals surface area (Å²) >= 11 is 0. The van der Waals surface area contributed by atoms with E-state index in [1.807, 2.05) is 6.92 Å². The first-order valence-corrected chi connectivity index (χ1v) is 13.0. The van der Waals surface area contributed by atoms with Crippen molar-refractivity contribution < 1.29 is 36.3 Å². The van der Waals surface area contributed by atoms with E-state index in [1.165, 1.54) is 12.1 Å². The van der Waals surface area contributed by atoms with Crippen LogP contribution in [-0.2, 0) is 30.7 Å². The minimum Gasteiger partial charge on any atom is -0.443 e. The van der Waals surface area contributed by atoms with E-state index in [4.69, 9.17) is 18.7 Å². The molecule has 2 aliphatic heterocycles. The summed E-state index contributed by atoms with van der Waals surface area (Å²) < 4.78 is 60.0. The Labute approximate surface area is 196 Å². The molecule has 0 radical (unpaired) electrons. The van der Waals surface area contributed by atoms with E-state index in [2.05, 4.69) is 10.1 Å². The number of hydrogen-bond donors (Lipinski definition) is 0. The Morgan fingerprint density at radius 2 is 1.97 bits per heavy atom. The molecule has 1 aromatic heterocycles. The van der Waals surface area contributed by atoms with Crippen LogP contribution < -0.4 is 0 Å². The van der Waals surface area contributed by atoms with Gasteiger partial charge in [0.15, 0.2) is 9.84 Å². The van der Waals surface area contributed by atoms with Crippen molar-refractivity contribution in [3.8, 4) is 11.4 Å². The van der Waals surface area contributed by atoms with Crippen LogP contribution in [0, 0.1) is 17.7 Å². The Balaban J connectivity index is 1.21. The summed E-state index contributed by atoms with van der Waals surface area (Å²) in [6, 6.07) is 3.66. The number of piperidine rings is 1. The Morgan fingerprint density at radius 1 is 1.26 bits per heavy atom. The van der Waals surface area contributed by atoms with Crippen molar-refractivity contribution in [3.05, 3.63) is 29.9 Å². The summed E-state index contributed by atoms with van der Waals surface area (Å²) in [6.45, 7) is 3.91. The van der Waals surface area contributed by atoms with Crippen molar-refractivity contribution >= 4 is 15.9 Å². The lowest BCUT2D eigenvalue weighted by atomic mass is 9.84. The number of rotatable bonds is 6. The van der Waals surface area contributed by atoms with Crippen LogP contribution >= 0.6 is 0 Å². The summed E-state index contributed by atoms with van der Waals surface area (Å²) in [5, 5.41) is 3.85. The summed E-state index contributed by atoms with van der Waals surface area (Å²) in [5.74, 6) is -0.548. The SMILES string of the molecule is CC1(OC(=O)N2CC3COCC(C2)C3OCc2nc(-c3ccc(S(C)(=O)=O)c(F)c3)no2)CC1. The topological polar surface area (TPSA) is 121 Å². The lowest BCUT2D eigenvalue weighted by Gasteiger charge is -2.46. The number of fused-ring (bicyclic) bond motifs is 2. The van der Waals surface area contributed by atoms with Gasteiger partial charge in [0.25, 0.3) is 5.89 Å². The molecule has 2 unspecified atom stereocenters. The Kier molecular flexibility index (Phi) is 5.85. The Bertz CT molecular complexity index is 1180. The zero-order chi connectivity index (χ0) is 24.1. The van der Waals surface area contributed by atoms with Crippen LogP contribution in [0.1, 0.15) is 25.7 Å². The molecule has 10 nitrogen and oxygen atoms in total. The molecule has 1 amide bonds. The second-order valence-corrected chi connectivity index (χ2v) is 11.5. The highest BCUT2D eigenvalue weighted by Gasteiger charge is 2.46. The van der Waals surface area contributed by atoms with Gasteiger partial charge in [-0.15, -0.1) is 0 Å². The van der Waals surface area contributed by atoms with E-state index in [-0.39, 0.29) is 48.0 Å². The molecule has 12 heteroatoms. The number of sulfone groups is 1. The first-order chi connectivity index (χ1) is 16.1. The smallest absolute Gasteiger partial charge is 0.410 e. The second kappa shape index (κ2) is 8.58. The molecule has 3 fully saturated rings. The minimum absolute atomic E-state index is 0.00733. The van der Waals surface area contributed by atoms with Crippen molar-refractivity contribution in [1.82, 2.24) is 15.0 Å². The fourth-order valence-electron chi connectivity index (χ4n) is 4.41. The maximum absolute atomic E-state index is 14.2. The Morgan fingerprint density at radius 3 is 2.59 bits per heavy atom. The summed E-state index contributed by atoms with van der Waals surface area (Å²) in [6.07, 6.45) is 2.31. The number of ether oxygens (including phenoxy) is 3. The molecule has 184 valence electrons. The largest absolute Gasteiger partial charge is 0.443 e. The summed E-state index contributed by atoms with van der Waals surface area (Å²) in [7, 11) is -3.67. The number of benzene rings is 1. The van der Waals surface area contributed by atoms with E-state index in [0.717, 1.165) is 25.2 Å². The summed E-state index contributed by atoms with van der Waals surface area (Å²) in [5.41, 5.74) is -0.0268. The van der Waals surface area contributed by atoms with Gasteiger partial charge < -0.3 is 23.6 Å². The molecular weight excluding hydrogens is 469 g/mol. The van der Waals surface area contributed by atoms with E-state index in [1.54, 1.807) is 4.90 Å². The van der Waals surface area contributed by atoms with E-state index in [9.17, 15) is 17.6 Å². The fraction of sp³-hybridized carbons (Fsp3) is 0.591. The molecular formula is C22H26FN3O7S. The molecule has 34 heavy (non-hydrogen) atoms. The highest BCUT2D eigenvalue weighted by atomic mass is 32.2. The van der Waals surface area contributed by atoms with Crippen LogP contribution in [0.15, 0.2) is 27.6 Å². The van der Waals surface area contributed by atoms with Crippen LogP contribution in [0.5, 0.6) is 0 Å². The van der Waals surface area contributed by atoms with Crippen molar-refractivity contribution in [2.45, 2.75) is 43.0 Å². The normalized spacial score (nSPS) is 25.7. The number of carbonyl (C=O) groups is 1. The molecule has 3 aliphatic rings. The average molecular weight is 496 g/mol. The molecule has 5 rings (SSSR count). The van der Waals surface area contributed by atoms with E-state index < -0.39 is 20.5 Å². The van der Waals surface area contributed by atoms with Crippen LogP contribution in [0.2, 0.25) is 0 Å². The number of halogens is 1. The second-order valence-electron chi connectivity index (χ2n) is 9.49. The van der Waals surface area contributed by atoms with E-state index >= 15 is 0 Å². The monoisotopic (exact) mass is 495 g/mol. The van der Waals surface area contributed by atoms with Gasteiger partial charge >= 0.3 is 6.09 Å². The van der Waals surface area contributed by atoms with Crippen LogP contribution in [-0.4, -0.2) is 73.8 Å². The van der Waals surface area contributed by atoms with Gasteiger partial charge in [0, 0.05) is 36.7 Å². The lowest BCUT2D eigenvalue weighted by Crippen LogP contribution is -2.57. The maximum Gasteiger partial charge on any atom is 0.410 e. The molecule has 1 aliphatic carbocycles. The molecule has 2 bridgehead atoms. The molecule has 2 atom stereocenters. The third kappa shape index (κ3) is 4.80. The predicted octanol–water partition coefficient (Wildman–Crippen LogP) is 2.43. The van der Waals surface area contributed by atoms with Crippen LogP contribution in [0.4, 0.5) is 9.18 Å². The van der Waals surface area contributed by atoms with Crippen molar-refractivity contribution in [1.29, 1.82) is 0 Å². The van der Waals surface area contributed by atoms with Gasteiger partial charge in [0.1, 0.15) is 22.9 Å². The van der Waals surface area contributed by atoms with Gasteiger partial charge in [-0.05, 0) is 38.0 Å². The molecule has 1 aromatic carbocycles. The van der Waals surface area contributed by atoms with Gasteiger partial charge in [-0.1, -0.05) is 5.16 Å². The first kappa shape index (κ1) is 23.2. The number of amides is 1. The highest BCUT2D eigenvalue weighted by molar-refractivity contribution is 7.90. The molecule has 2 saturated heterocycles. The molecule has 2 aromatic rings. The quantitative estimate of drug-likeness (QED) is 0.595. The van der Waals surface area contributed by atoms with Gasteiger partial charge in [-0.25, -0.2) is 17.6 Å². The predicted molar refractivity (Wildman–Crippen MR) is 115 cm³/mol. The third-order valence-corrected chi connectivity index (χ3v) is 7.64. The number of aromatic nitrogens is 2. The molecule has 3 heterocycles. The van der Waals surface area contributed by atoms with Crippen molar-refractivity contribution in [2.24, 2.45) is 11.8 Å². The van der Waals surface area contributed by atoms with Crippen molar-refractivity contribution in [3.63, 3.8) is 0 Å². The minimum atomic E-state index is -3.67. The van der Waals surface area contributed by atoms with Gasteiger partial charge in [-0.3, -0.25) is 0 Å². The van der Waals surface area contributed by atoms with Gasteiger partial charge in [0.05, 0.1) is 19.3 Å². The zero-order valence-electron chi connectivity index (χ0n) is 18.9. The zero-order valence-corrected chi connectivity index (χ0v) is 19.7. The van der Waals surface area contributed by atoms with Crippen LogP contribution in [0.25, 0.3) is 11.4 Å². The highest BCUT2D eigenvalue weighted by Crippen LogP contribution is 2.40. The van der Waals surface area contributed by atoms with Crippen molar-refractivity contribution in [2.75, 3.05) is 32.6 Å². The number of carbonyl (C=O) groups excluding carboxylic acids is 1. The summed E-state index contributed by atoms with van der Waals surface area (Å²) in [4.78, 5) is 18.1. The molecule has 0 spiro atoms. The average Bonchev–Trinajstić information content (AvgIpc) is 3.29. The Hall–Kier alpha value is -2.57. The fourth-order valence-corrected chi connectivity index (χ4v) is 5.14. The number of hydrogen-bond acceptors (Lipinski definition) is 9. The van der Waals surface area contributed by atoms with Gasteiger partial charge in [-0.2, -0.15) is 4.98 Å². The number of nitrogens with zero attached hydrogens (tertiary/aromatic N) is 3. The first-order valence-electron chi connectivity index (χ1n) is 11.1. The maximum atomic E-state index is 14.2. The standard InChI is InChI=1S/C22H26FN3O7S/c1-22(5-6-22)32-21(27)26-8-14-10-30-11-15(9-26)19(14)31-12-18-24-20(25-33-18)13-3-4-17(16(23)7-13)34(2,28)29/h3-4,7,14-15,19H,5-6,8-12H2,1-2H3. The lowest BCUT2D eigenvalue weighted by molar-refractivity contribution is -0.153. The molecule has 1 saturated carbocycles.